The van der Waals surface area contributed by atoms with E-state index >= 15 is 0 Å². The van der Waals surface area contributed by atoms with Crippen molar-refractivity contribution in [3.63, 3.8) is 0 Å². The zero-order chi connectivity index (χ0) is 16.8. The zero-order valence-corrected chi connectivity index (χ0v) is 15.9. The average molecular weight is 350 g/mol. The maximum Gasteiger partial charge on any atom is 0.191 e. The van der Waals surface area contributed by atoms with E-state index in [1.807, 2.05) is 17.5 Å². The van der Waals surface area contributed by atoms with Crippen molar-refractivity contribution in [2.24, 2.45) is 10.9 Å². The smallest absolute Gasteiger partial charge is 0.191 e. The zero-order valence-electron chi connectivity index (χ0n) is 15.1. The van der Waals surface area contributed by atoms with Crippen LogP contribution in [0, 0.1) is 5.92 Å². The van der Waals surface area contributed by atoms with Crippen LogP contribution in [-0.2, 0) is 12.8 Å². The Bertz CT molecular complexity index is 537. The van der Waals surface area contributed by atoms with Gasteiger partial charge in [0, 0.05) is 49.7 Å². The molecule has 2 aliphatic rings. The van der Waals surface area contributed by atoms with Gasteiger partial charge in [-0.05, 0) is 45.1 Å². The summed E-state index contributed by atoms with van der Waals surface area (Å²) in [5, 5.41) is 8.04. The largest absolute Gasteiger partial charge is 0.357 e. The Morgan fingerprint density at radius 3 is 2.92 bits per heavy atom. The lowest BCUT2D eigenvalue weighted by atomic mass is 10.1. The highest BCUT2D eigenvalue weighted by Crippen LogP contribution is 2.31. The topological polar surface area (TPSA) is 52.6 Å². The molecule has 2 fully saturated rings. The normalized spacial score (nSPS) is 22.1. The molecule has 1 aliphatic heterocycles. The average Bonchev–Trinajstić information content (AvgIpc) is 3.16. The van der Waals surface area contributed by atoms with Gasteiger partial charge in [0.05, 0.1) is 5.01 Å². The highest BCUT2D eigenvalue weighted by molar-refractivity contribution is 7.11. The van der Waals surface area contributed by atoms with E-state index in [1.54, 1.807) is 0 Å². The van der Waals surface area contributed by atoms with E-state index in [-0.39, 0.29) is 0 Å². The van der Waals surface area contributed by atoms with Gasteiger partial charge in [0.1, 0.15) is 0 Å². The van der Waals surface area contributed by atoms with Crippen LogP contribution in [-0.4, -0.2) is 54.6 Å². The molecule has 0 radical (unpaired) electrons. The Hall–Kier alpha value is -1.14. The fraction of sp³-hybridized carbons (Fsp3) is 0.778. The summed E-state index contributed by atoms with van der Waals surface area (Å²) < 4.78 is 0. The highest BCUT2D eigenvalue weighted by atomic mass is 32.1. The van der Waals surface area contributed by atoms with Crippen molar-refractivity contribution in [3.8, 4) is 0 Å². The first-order chi connectivity index (χ1) is 11.8. The number of guanidine groups is 1. The number of aryl methyl sites for hydroxylation is 1. The second-order valence-electron chi connectivity index (χ2n) is 6.85. The molecule has 2 N–H and O–H groups in total. The summed E-state index contributed by atoms with van der Waals surface area (Å²) in [7, 11) is 0. The first-order valence-corrected chi connectivity index (χ1v) is 10.3. The van der Waals surface area contributed by atoms with Crippen LogP contribution in [0.15, 0.2) is 11.2 Å². The Labute approximate surface area is 150 Å². The minimum Gasteiger partial charge on any atom is -0.357 e. The van der Waals surface area contributed by atoms with Gasteiger partial charge in [0.2, 0.25) is 0 Å². The lowest BCUT2D eigenvalue weighted by Gasteiger charge is -2.15. The molecule has 2 heterocycles. The standard InChI is InChI=1S/C18H31N5S/c1-3-16-12-21-17(24-16)7-9-20-18(19-4-2)22-11-14-8-10-23(13-14)15-5-6-15/h12,14-15H,3-11,13H2,1-2H3,(H2,19,20,22). The molecular weight excluding hydrogens is 318 g/mol. The van der Waals surface area contributed by atoms with Gasteiger partial charge in [0.15, 0.2) is 5.96 Å². The molecule has 24 heavy (non-hydrogen) atoms. The summed E-state index contributed by atoms with van der Waals surface area (Å²) in [5.74, 6) is 1.68. The molecule has 1 atom stereocenters. The van der Waals surface area contributed by atoms with E-state index < -0.39 is 0 Å². The number of likely N-dealkylation sites (tertiary alicyclic amines) is 1. The van der Waals surface area contributed by atoms with Gasteiger partial charge in [0.25, 0.3) is 0 Å². The van der Waals surface area contributed by atoms with Crippen LogP contribution in [0.5, 0.6) is 0 Å². The van der Waals surface area contributed by atoms with Crippen LogP contribution >= 0.6 is 11.3 Å². The maximum atomic E-state index is 4.81. The van der Waals surface area contributed by atoms with E-state index in [2.05, 4.69) is 34.4 Å². The molecule has 1 aliphatic carbocycles. The van der Waals surface area contributed by atoms with Gasteiger partial charge in [-0.25, -0.2) is 4.98 Å². The van der Waals surface area contributed by atoms with Crippen molar-refractivity contribution in [2.45, 2.75) is 52.0 Å². The van der Waals surface area contributed by atoms with Gasteiger partial charge >= 0.3 is 0 Å². The number of nitrogens with zero attached hydrogens (tertiary/aromatic N) is 3. The van der Waals surface area contributed by atoms with E-state index in [0.29, 0.717) is 0 Å². The SMILES string of the molecule is CCNC(=NCC1CCN(C2CC2)C1)NCCc1ncc(CC)s1. The predicted octanol–water partition coefficient (Wildman–Crippen LogP) is 2.29. The lowest BCUT2D eigenvalue weighted by molar-refractivity contribution is 0.315. The molecule has 1 aromatic heterocycles. The summed E-state index contributed by atoms with van der Waals surface area (Å²) in [4.78, 5) is 13.3. The number of aliphatic imine (C=N–C) groups is 1. The number of thiazole rings is 1. The van der Waals surface area contributed by atoms with Crippen molar-refractivity contribution < 1.29 is 0 Å². The van der Waals surface area contributed by atoms with E-state index in [1.165, 1.54) is 42.2 Å². The van der Waals surface area contributed by atoms with Crippen LogP contribution < -0.4 is 10.6 Å². The number of hydrogen-bond donors (Lipinski definition) is 2. The molecule has 1 saturated heterocycles. The number of rotatable bonds is 8. The van der Waals surface area contributed by atoms with Crippen molar-refractivity contribution in [3.05, 3.63) is 16.1 Å². The summed E-state index contributed by atoms with van der Waals surface area (Å²) >= 11 is 1.82. The van der Waals surface area contributed by atoms with Crippen molar-refractivity contribution in [1.82, 2.24) is 20.5 Å². The lowest BCUT2D eigenvalue weighted by Crippen LogP contribution is -2.38. The van der Waals surface area contributed by atoms with Gasteiger partial charge in [-0.2, -0.15) is 0 Å². The fourth-order valence-corrected chi connectivity index (χ4v) is 4.12. The third-order valence-corrected chi connectivity index (χ3v) is 6.02. The molecular formula is C18H31N5S. The fourth-order valence-electron chi connectivity index (χ4n) is 3.26. The Morgan fingerprint density at radius 1 is 1.33 bits per heavy atom. The van der Waals surface area contributed by atoms with Crippen LogP contribution in [0.3, 0.4) is 0 Å². The Morgan fingerprint density at radius 2 is 2.21 bits per heavy atom. The molecule has 6 heteroatoms. The molecule has 0 spiro atoms. The first-order valence-electron chi connectivity index (χ1n) is 9.48. The molecule has 1 unspecified atom stereocenters. The quantitative estimate of drug-likeness (QED) is 0.558. The first kappa shape index (κ1) is 17.7. The summed E-state index contributed by atoms with van der Waals surface area (Å²) in [5.41, 5.74) is 0. The number of aromatic nitrogens is 1. The predicted molar refractivity (Wildman–Crippen MR) is 102 cm³/mol. The second kappa shape index (κ2) is 8.81. The Balaban J connectivity index is 1.41. The van der Waals surface area contributed by atoms with E-state index in [0.717, 1.165) is 50.4 Å². The molecule has 3 rings (SSSR count). The minimum absolute atomic E-state index is 0.729. The molecule has 1 aromatic rings. The second-order valence-corrected chi connectivity index (χ2v) is 8.05. The van der Waals surface area contributed by atoms with Crippen LogP contribution in [0.2, 0.25) is 0 Å². The highest BCUT2D eigenvalue weighted by Gasteiger charge is 2.34. The number of hydrogen-bond acceptors (Lipinski definition) is 4. The van der Waals surface area contributed by atoms with Crippen molar-refractivity contribution >= 4 is 17.3 Å². The summed E-state index contributed by atoms with van der Waals surface area (Å²) in [6.07, 6.45) is 8.18. The maximum absolute atomic E-state index is 4.81. The molecule has 0 bridgehead atoms. The van der Waals surface area contributed by atoms with Crippen LogP contribution in [0.1, 0.15) is 43.0 Å². The minimum atomic E-state index is 0.729. The summed E-state index contributed by atoms with van der Waals surface area (Å²) in [6, 6.07) is 0.900. The Kier molecular flexibility index (Phi) is 6.49. The van der Waals surface area contributed by atoms with E-state index in [9.17, 15) is 0 Å². The molecule has 1 saturated carbocycles. The number of nitrogens with one attached hydrogen (secondary N) is 2. The third-order valence-electron chi connectivity index (χ3n) is 4.81. The monoisotopic (exact) mass is 349 g/mol. The van der Waals surface area contributed by atoms with Crippen molar-refractivity contribution in [1.29, 1.82) is 0 Å². The van der Waals surface area contributed by atoms with E-state index in [4.69, 9.17) is 4.99 Å². The third kappa shape index (κ3) is 5.18. The molecule has 5 nitrogen and oxygen atoms in total. The molecule has 134 valence electrons. The summed E-state index contributed by atoms with van der Waals surface area (Å²) in [6.45, 7) is 9.55. The van der Waals surface area contributed by atoms with Gasteiger partial charge in [-0.3, -0.25) is 4.99 Å². The molecule has 0 amide bonds. The van der Waals surface area contributed by atoms with Crippen LogP contribution in [0.25, 0.3) is 0 Å². The van der Waals surface area contributed by atoms with Gasteiger partial charge in [-0.15, -0.1) is 11.3 Å². The van der Waals surface area contributed by atoms with Crippen molar-refractivity contribution in [2.75, 3.05) is 32.7 Å². The van der Waals surface area contributed by atoms with Crippen LogP contribution in [0.4, 0.5) is 0 Å². The van der Waals surface area contributed by atoms with Gasteiger partial charge in [-0.1, -0.05) is 6.92 Å². The molecule has 0 aromatic carbocycles. The van der Waals surface area contributed by atoms with Gasteiger partial charge < -0.3 is 15.5 Å².